The van der Waals surface area contributed by atoms with E-state index in [1.54, 1.807) is 19.2 Å². The molecule has 2 heterocycles. The van der Waals surface area contributed by atoms with Crippen molar-refractivity contribution in [1.29, 1.82) is 0 Å². The fourth-order valence-electron chi connectivity index (χ4n) is 2.62. The van der Waals surface area contributed by atoms with Crippen LogP contribution in [0.15, 0.2) is 17.1 Å². The van der Waals surface area contributed by atoms with Crippen LogP contribution in [-0.2, 0) is 6.54 Å². The molecule has 1 unspecified atom stereocenters. The fraction of sp³-hybridized carbons (Fsp3) is 0.733. The van der Waals surface area contributed by atoms with E-state index in [0.717, 1.165) is 38.0 Å². The van der Waals surface area contributed by atoms with Gasteiger partial charge in [-0.1, -0.05) is 0 Å². The van der Waals surface area contributed by atoms with Gasteiger partial charge < -0.3 is 10.0 Å². The van der Waals surface area contributed by atoms with Crippen LogP contribution in [0.3, 0.4) is 0 Å². The second-order valence-electron chi connectivity index (χ2n) is 5.67. The van der Waals surface area contributed by atoms with Crippen LogP contribution in [0.2, 0.25) is 0 Å². The van der Waals surface area contributed by atoms with Crippen molar-refractivity contribution in [3.05, 3.63) is 22.6 Å². The average molecular weight is 279 g/mol. The van der Waals surface area contributed by atoms with Crippen molar-refractivity contribution in [2.75, 3.05) is 18.0 Å². The van der Waals surface area contributed by atoms with Crippen LogP contribution in [0.1, 0.15) is 45.4 Å². The van der Waals surface area contributed by atoms with E-state index in [2.05, 4.69) is 10.00 Å². The van der Waals surface area contributed by atoms with Gasteiger partial charge in [-0.25, -0.2) is 4.68 Å². The zero-order chi connectivity index (χ0) is 14.4. The molecular formula is C15H25N3O2. The number of rotatable bonds is 6. The van der Waals surface area contributed by atoms with Gasteiger partial charge in [-0.05, 0) is 45.4 Å². The van der Waals surface area contributed by atoms with E-state index in [1.165, 1.54) is 23.9 Å². The van der Waals surface area contributed by atoms with Crippen molar-refractivity contribution in [2.45, 2.75) is 58.1 Å². The van der Waals surface area contributed by atoms with Crippen molar-refractivity contribution in [2.24, 2.45) is 0 Å². The maximum Gasteiger partial charge on any atom is 0.268 e. The maximum absolute atomic E-state index is 12.0. The molecule has 0 aromatic carbocycles. The first-order chi connectivity index (χ1) is 9.66. The highest BCUT2D eigenvalue weighted by Crippen LogP contribution is 2.16. The van der Waals surface area contributed by atoms with Crippen molar-refractivity contribution in [3.8, 4) is 0 Å². The summed E-state index contributed by atoms with van der Waals surface area (Å²) in [7, 11) is 0. The number of aliphatic hydroxyl groups excluding tert-OH is 1. The zero-order valence-electron chi connectivity index (χ0n) is 12.3. The summed E-state index contributed by atoms with van der Waals surface area (Å²) in [4.78, 5) is 14.3. The van der Waals surface area contributed by atoms with Gasteiger partial charge in [-0.15, -0.1) is 0 Å². The van der Waals surface area contributed by atoms with E-state index in [4.69, 9.17) is 0 Å². The van der Waals surface area contributed by atoms with Crippen molar-refractivity contribution >= 4 is 5.69 Å². The number of aryl methyl sites for hydroxylation is 1. The molecule has 1 aromatic rings. The van der Waals surface area contributed by atoms with Crippen molar-refractivity contribution in [1.82, 2.24) is 9.78 Å². The molecule has 0 saturated carbocycles. The molecule has 1 aromatic heterocycles. The van der Waals surface area contributed by atoms with Gasteiger partial charge >= 0.3 is 0 Å². The third-order valence-corrected chi connectivity index (χ3v) is 3.82. The first kappa shape index (κ1) is 15.0. The minimum Gasteiger partial charge on any atom is -0.393 e. The fourth-order valence-corrected chi connectivity index (χ4v) is 2.62. The second-order valence-corrected chi connectivity index (χ2v) is 5.67. The summed E-state index contributed by atoms with van der Waals surface area (Å²) < 4.78 is 1.52. The van der Waals surface area contributed by atoms with E-state index in [1.807, 2.05) is 0 Å². The number of unbranched alkanes of at least 4 members (excludes halogenated alkanes) is 1. The Hall–Kier alpha value is -1.36. The van der Waals surface area contributed by atoms with Gasteiger partial charge in [-0.3, -0.25) is 4.79 Å². The standard InChI is InChI=1S/C15H25N3O2/c1-13(19)7-3-6-10-18-15(20)11-14(12-16-18)17-8-4-2-5-9-17/h11-13,19H,2-10H2,1H3. The molecule has 20 heavy (non-hydrogen) atoms. The number of nitrogens with zero attached hydrogens (tertiary/aromatic N) is 3. The Morgan fingerprint density at radius 3 is 2.70 bits per heavy atom. The summed E-state index contributed by atoms with van der Waals surface area (Å²) in [6, 6.07) is 1.70. The number of anilines is 1. The van der Waals surface area contributed by atoms with Crippen molar-refractivity contribution in [3.63, 3.8) is 0 Å². The monoisotopic (exact) mass is 279 g/mol. The first-order valence-corrected chi connectivity index (χ1v) is 7.67. The molecule has 112 valence electrons. The normalized spacial score (nSPS) is 17.2. The lowest BCUT2D eigenvalue weighted by atomic mass is 10.1. The van der Waals surface area contributed by atoms with Crippen LogP contribution in [-0.4, -0.2) is 34.1 Å². The van der Waals surface area contributed by atoms with Gasteiger partial charge in [0.25, 0.3) is 5.56 Å². The minimum atomic E-state index is -0.263. The highest BCUT2D eigenvalue weighted by molar-refractivity contribution is 5.43. The second kappa shape index (κ2) is 7.43. The molecule has 0 spiro atoms. The molecule has 5 heteroatoms. The Labute approximate surface area is 120 Å². The average Bonchev–Trinajstić information content (AvgIpc) is 2.45. The molecule has 0 amide bonds. The lowest BCUT2D eigenvalue weighted by molar-refractivity contribution is 0.179. The predicted molar refractivity (Wildman–Crippen MR) is 80.1 cm³/mol. The summed E-state index contributed by atoms with van der Waals surface area (Å²) in [5, 5.41) is 13.5. The molecule has 0 bridgehead atoms. The van der Waals surface area contributed by atoms with Gasteiger partial charge in [0.05, 0.1) is 18.0 Å². The number of hydrogen-bond donors (Lipinski definition) is 1. The molecule has 1 saturated heterocycles. The van der Waals surface area contributed by atoms with Gasteiger partial charge in [0, 0.05) is 25.7 Å². The third-order valence-electron chi connectivity index (χ3n) is 3.82. The highest BCUT2D eigenvalue weighted by atomic mass is 16.3. The SMILES string of the molecule is CC(O)CCCCn1ncc(N2CCCCC2)cc1=O. The van der Waals surface area contributed by atoms with Crippen LogP contribution >= 0.6 is 0 Å². The molecule has 0 radical (unpaired) electrons. The van der Waals surface area contributed by atoms with Crippen LogP contribution in [0.5, 0.6) is 0 Å². The van der Waals surface area contributed by atoms with Gasteiger partial charge in [0.2, 0.25) is 0 Å². The Balaban J connectivity index is 1.90. The van der Waals surface area contributed by atoms with Crippen LogP contribution in [0, 0.1) is 0 Å². The Morgan fingerprint density at radius 2 is 2.05 bits per heavy atom. The quantitative estimate of drug-likeness (QED) is 0.807. The number of aromatic nitrogens is 2. The molecule has 1 aliphatic rings. The number of hydrogen-bond acceptors (Lipinski definition) is 4. The number of piperidine rings is 1. The molecule has 1 fully saturated rings. The van der Waals surface area contributed by atoms with E-state index < -0.39 is 0 Å². The lowest BCUT2D eigenvalue weighted by Crippen LogP contribution is -2.32. The lowest BCUT2D eigenvalue weighted by Gasteiger charge is -2.28. The minimum absolute atomic E-state index is 0.0230. The topological polar surface area (TPSA) is 58.4 Å². The largest absolute Gasteiger partial charge is 0.393 e. The summed E-state index contributed by atoms with van der Waals surface area (Å²) in [6.45, 7) is 4.47. The van der Waals surface area contributed by atoms with E-state index in [-0.39, 0.29) is 11.7 Å². The molecule has 0 aliphatic carbocycles. The first-order valence-electron chi connectivity index (χ1n) is 7.67. The van der Waals surface area contributed by atoms with E-state index in [9.17, 15) is 9.90 Å². The maximum atomic E-state index is 12.0. The molecule has 5 nitrogen and oxygen atoms in total. The molecule has 1 atom stereocenters. The van der Waals surface area contributed by atoms with Crippen LogP contribution in [0.4, 0.5) is 5.69 Å². The molecule has 1 N–H and O–H groups in total. The number of aliphatic hydroxyl groups is 1. The predicted octanol–water partition coefficient (Wildman–Crippen LogP) is 1.78. The Morgan fingerprint density at radius 1 is 1.30 bits per heavy atom. The summed E-state index contributed by atoms with van der Waals surface area (Å²) in [5.41, 5.74) is 0.931. The third kappa shape index (κ3) is 4.34. The highest BCUT2D eigenvalue weighted by Gasteiger charge is 2.12. The molecule has 1 aliphatic heterocycles. The smallest absolute Gasteiger partial charge is 0.268 e. The Bertz CT molecular complexity index is 464. The van der Waals surface area contributed by atoms with E-state index >= 15 is 0 Å². The van der Waals surface area contributed by atoms with E-state index in [0.29, 0.717) is 6.54 Å². The molecule has 2 rings (SSSR count). The summed E-state index contributed by atoms with van der Waals surface area (Å²) in [5.74, 6) is 0. The zero-order valence-corrected chi connectivity index (χ0v) is 12.3. The Kier molecular flexibility index (Phi) is 5.59. The summed E-state index contributed by atoms with van der Waals surface area (Å²) >= 11 is 0. The van der Waals surface area contributed by atoms with Crippen molar-refractivity contribution < 1.29 is 5.11 Å². The van der Waals surface area contributed by atoms with Gasteiger partial charge in [-0.2, -0.15) is 5.10 Å². The van der Waals surface area contributed by atoms with Crippen LogP contribution in [0.25, 0.3) is 0 Å². The van der Waals surface area contributed by atoms with Gasteiger partial charge in [0.1, 0.15) is 0 Å². The summed E-state index contributed by atoms with van der Waals surface area (Å²) in [6.07, 6.45) is 7.79. The van der Waals surface area contributed by atoms with Gasteiger partial charge in [0.15, 0.2) is 0 Å². The molecular weight excluding hydrogens is 254 g/mol. The van der Waals surface area contributed by atoms with Crippen LogP contribution < -0.4 is 10.5 Å².